The van der Waals surface area contributed by atoms with Gasteiger partial charge in [0.2, 0.25) is 5.91 Å². The fourth-order valence-electron chi connectivity index (χ4n) is 2.26. The van der Waals surface area contributed by atoms with E-state index in [0.29, 0.717) is 26.3 Å². The Morgan fingerprint density at radius 2 is 1.67 bits per heavy atom. The van der Waals surface area contributed by atoms with Gasteiger partial charge in [-0.1, -0.05) is 29.8 Å². The highest BCUT2D eigenvalue weighted by Crippen LogP contribution is 2.30. The molecule has 0 radical (unpaired) electrons. The summed E-state index contributed by atoms with van der Waals surface area (Å²) in [6.07, 6.45) is -0.458. The number of nitrogens with one attached hydrogen (secondary N) is 3. The number of hydrogen-bond acceptors (Lipinski definition) is 5. The molecular formula is C20H19BrClN3O5. The molecule has 0 spiro atoms. The van der Waals surface area contributed by atoms with Gasteiger partial charge in [-0.25, -0.2) is 0 Å². The number of benzene rings is 2. The predicted octanol–water partition coefficient (Wildman–Crippen LogP) is 3.13. The number of halogens is 2. The van der Waals surface area contributed by atoms with Crippen LogP contribution in [0.4, 0.5) is 5.69 Å². The summed E-state index contributed by atoms with van der Waals surface area (Å²) >= 11 is 9.38. The number of carbonyl (C=O) groups is 4. The summed E-state index contributed by atoms with van der Waals surface area (Å²) in [6.45, 7) is 1.24. The van der Waals surface area contributed by atoms with Gasteiger partial charge in [-0.2, -0.15) is 0 Å². The number of carbonyl (C=O) groups excluding carboxylic acids is 4. The number of esters is 1. The lowest BCUT2D eigenvalue weighted by Crippen LogP contribution is -2.41. The summed E-state index contributed by atoms with van der Waals surface area (Å²) < 4.78 is 5.55. The average molecular weight is 497 g/mol. The number of hydrogen-bond donors (Lipinski definition) is 3. The number of amides is 3. The lowest BCUT2D eigenvalue weighted by atomic mass is 10.2. The Balaban J connectivity index is 1.68. The zero-order valence-corrected chi connectivity index (χ0v) is 18.3. The van der Waals surface area contributed by atoms with Crippen LogP contribution in [0.5, 0.6) is 0 Å². The van der Waals surface area contributed by atoms with Gasteiger partial charge < -0.3 is 10.1 Å². The van der Waals surface area contributed by atoms with Gasteiger partial charge in [0.15, 0.2) is 6.61 Å². The van der Waals surface area contributed by atoms with Crippen molar-refractivity contribution in [1.29, 1.82) is 0 Å². The van der Waals surface area contributed by atoms with Gasteiger partial charge in [0.1, 0.15) is 0 Å². The summed E-state index contributed by atoms with van der Waals surface area (Å²) in [5.74, 6) is -2.31. The molecule has 0 heterocycles. The molecule has 158 valence electrons. The second kappa shape index (κ2) is 11.3. The number of ether oxygens (including phenoxy) is 1. The van der Waals surface area contributed by atoms with E-state index in [4.69, 9.17) is 16.3 Å². The first-order valence-electron chi connectivity index (χ1n) is 8.82. The molecule has 8 nitrogen and oxygen atoms in total. The predicted molar refractivity (Wildman–Crippen MR) is 115 cm³/mol. The van der Waals surface area contributed by atoms with E-state index in [0.717, 1.165) is 0 Å². The molecule has 0 fully saturated rings. The summed E-state index contributed by atoms with van der Waals surface area (Å²) in [5, 5.41) is 3.07. The Kier molecular flexibility index (Phi) is 8.82. The van der Waals surface area contributed by atoms with Gasteiger partial charge in [0.25, 0.3) is 11.8 Å². The summed E-state index contributed by atoms with van der Waals surface area (Å²) in [6, 6.07) is 11.7. The van der Waals surface area contributed by atoms with E-state index in [-0.39, 0.29) is 12.8 Å². The molecule has 0 aliphatic rings. The Bertz CT molecular complexity index is 953. The molecule has 0 bridgehead atoms. The van der Waals surface area contributed by atoms with Gasteiger partial charge in [0, 0.05) is 22.1 Å². The minimum Gasteiger partial charge on any atom is -0.456 e. The van der Waals surface area contributed by atoms with Crippen LogP contribution in [0.2, 0.25) is 5.02 Å². The third-order valence-electron chi connectivity index (χ3n) is 3.89. The molecule has 0 saturated carbocycles. The van der Waals surface area contributed by atoms with Crippen LogP contribution in [0.25, 0.3) is 0 Å². The smallest absolute Gasteiger partial charge is 0.306 e. The van der Waals surface area contributed by atoms with Crippen LogP contribution in [0, 0.1) is 6.92 Å². The van der Waals surface area contributed by atoms with Crippen molar-refractivity contribution in [3.8, 4) is 0 Å². The van der Waals surface area contributed by atoms with Crippen molar-refractivity contribution < 1.29 is 23.9 Å². The molecule has 10 heteroatoms. The van der Waals surface area contributed by atoms with Crippen molar-refractivity contribution in [2.75, 3.05) is 11.9 Å². The molecule has 2 aromatic rings. The molecule has 0 aliphatic heterocycles. The van der Waals surface area contributed by atoms with Gasteiger partial charge in [-0.3, -0.25) is 30.0 Å². The highest BCUT2D eigenvalue weighted by Gasteiger charge is 2.13. The van der Waals surface area contributed by atoms with E-state index in [9.17, 15) is 19.2 Å². The summed E-state index contributed by atoms with van der Waals surface area (Å²) in [4.78, 5) is 47.2. The molecular weight excluding hydrogens is 478 g/mol. The Morgan fingerprint density at radius 3 is 2.37 bits per heavy atom. The highest BCUT2D eigenvalue weighted by atomic mass is 79.9. The van der Waals surface area contributed by atoms with Gasteiger partial charge in [0.05, 0.1) is 11.4 Å². The third kappa shape index (κ3) is 7.16. The van der Waals surface area contributed by atoms with Crippen LogP contribution in [0.1, 0.15) is 28.8 Å². The van der Waals surface area contributed by atoms with Gasteiger partial charge >= 0.3 is 5.97 Å². The molecule has 2 aromatic carbocycles. The molecule has 0 aromatic heterocycles. The van der Waals surface area contributed by atoms with Crippen molar-refractivity contribution in [2.24, 2.45) is 0 Å². The van der Waals surface area contributed by atoms with Crippen molar-refractivity contribution >= 4 is 56.9 Å². The van der Waals surface area contributed by atoms with Gasteiger partial charge in [-0.15, -0.1) is 0 Å². The van der Waals surface area contributed by atoms with E-state index in [1.165, 1.54) is 0 Å². The van der Waals surface area contributed by atoms with E-state index in [2.05, 4.69) is 32.1 Å². The largest absolute Gasteiger partial charge is 0.456 e. The molecule has 2 rings (SSSR count). The zero-order chi connectivity index (χ0) is 22.1. The molecule has 0 saturated heterocycles. The maximum Gasteiger partial charge on any atom is 0.306 e. The minimum atomic E-state index is -0.722. The Morgan fingerprint density at radius 1 is 0.967 bits per heavy atom. The number of hydrazine groups is 1. The fraction of sp³-hybridized carbons (Fsp3) is 0.200. The van der Waals surface area contributed by atoms with Crippen molar-refractivity contribution in [3.05, 3.63) is 63.1 Å². The number of anilines is 1. The molecule has 0 aliphatic carbocycles. The Labute approximate surface area is 186 Å². The molecule has 30 heavy (non-hydrogen) atoms. The molecule has 0 unspecified atom stereocenters. The summed E-state index contributed by atoms with van der Waals surface area (Å²) in [7, 11) is 0. The second-order valence-corrected chi connectivity index (χ2v) is 7.34. The lowest BCUT2D eigenvalue weighted by Gasteiger charge is -2.11. The topological polar surface area (TPSA) is 114 Å². The Hall–Kier alpha value is -2.91. The minimum absolute atomic E-state index is 0.211. The van der Waals surface area contributed by atoms with Crippen LogP contribution in [-0.4, -0.2) is 30.3 Å². The number of rotatable bonds is 7. The van der Waals surface area contributed by atoms with Crippen molar-refractivity contribution in [3.63, 3.8) is 0 Å². The highest BCUT2D eigenvalue weighted by molar-refractivity contribution is 9.10. The second-order valence-electron chi connectivity index (χ2n) is 6.11. The SMILES string of the molecule is Cc1c(NC(=O)COC(=O)CCC(=O)NNC(=O)c2ccccc2)ccc(Br)c1Cl. The third-order valence-corrected chi connectivity index (χ3v) is 5.26. The van der Waals surface area contributed by atoms with Crippen LogP contribution >= 0.6 is 27.5 Å². The fourth-order valence-corrected chi connectivity index (χ4v) is 2.85. The molecule has 3 N–H and O–H groups in total. The first kappa shape index (κ1) is 23.4. The maximum absolute atomic E-state index is 11.9. The van der Waals surface area contributed by atoms with E-state index < -0.39 is 30.3 Å². The van der Waals surface area contributed by atoms with Gasteiger partial charge in [-0.05, 0) is 52.7 Å². The van der Waals surface area contributed by atoms with Crippen LogP contribution < -0.4 is 16.2 Å². The van der Waals surface area contributed by atoms with E-state index in [1.807, 2.05) is 0 Å². The van der Waals surface area contributed by atoms with Crippen LogP contribution in [0.15, 0.2) is 46.9 Å². The van der Waals surface area contributed by atoms with E-state index in [1.54, 1.807) is 49.4 Å². The zero-order valence-electron chi connectivity index (χ0n) is 16.0. The monoisotopic (exact) mass is 495 g/mol. The quantitative estimate of drug-likeness (QED) is 0.403. The van der Waals surface area contributed by atoms with Crippen LogP contribution in [-0.2, 0) is 19.1 Å². The van der Waals surface area contributed by atoms with Crippen molar-refractivity contribution in [2.45, 2.75) is 19.8 Å². The normalized spacial score (nSPS) is 10.1. The van der Waals surface area contributed by atoms with E-state index >= 15 is 0 Å². The molecule has 3 amide bonds. The average Bonchev–Trinajstić information content (AvgIpc) is 2.75. The maximum atomic E-state index is 11.9. The lowest BCUT2D eigenvalue weighted by molar-refractivity contribution is -0.148. The molecule has 0 atom stereocenters. The van der Waals surface area contributed by atoms with Crippen LogP contribution in [0.3, 0.4) is 0 Å². The van der Waals surface area contributed by atoms with Crippen molar-refractivity contribution in [1.82, 2.24) is 10.9 Å². The first-order valence-corrected chi connectivity index (χ1v) is 9.99. The standard InChI is InChI=1S/C20H19BrClN3O5/c1-12-15(8-7-14(21)19(12)22)23-17(27)11-30-18(28)10-9-16(26)24-25-20(29)13-5-3-2-4-6-13/h2-8H,9-11H2,1H3,(H,23,27)(H,24,26)(H,25,29). The summed E-state index contributed by atoms with van der Waals surface area (Å²) in [5.41, 5.74) is 6.00. The first-order chi connectivity index (χ1) is 14.3.